The van der Waals surface area contributed by atoms with E-state index >= 15 is 0 Å². The lowest BCUT2D eigenvalue weighted by atomic mass is 9.50. The van der Waals surface area contributed by atoms with Gasteiger partial charge in [0, 0.05) is 61.3 Å². The predicted octanol–water partition coefficient (Wildman–Crippen LogP) is 7.27. The van der Waals surface area contributed by atoms with Gasteiger partial charge >= 0.3 is 41.8 Å². The van der Waals surface area contributed by atoms with E-state index in [1.54, 1.807) is 20.8 Å². The van der Waals surface area contributed by atoms with Crippen LogP contribution in [0.4, 0.5) is 4.79 Å². The Balaban J connectivity index is 0.682. The Hall–Kier alpha value is -4.39. The number of hydrogen-bond donors (Lipinski definition) is 2. The van der Waals surface area contributed by atoms with Crippen LogP contribution in [-0.2, 0) is 115 Å². The second kappa shape index (κ2) is 25.0. The summed E-state index contributed by atoms with van der Waals surface area (Å²) in [7, 11) is 1.31. The van der Waals surface area contributed by atoms with Crippen molar-refractivity contribution in [3.63, 3.8) is 0 Å². The third-order valence-corrected chi connectivity index (χ3v) is 23.6. The lowest BCUT2D eigenvalue weighted by Gasteiger charge is -2.65. The molecule has 12 aliphatic heterocycles. The largest absolute Gasteiger partial charge is 0.463 e. The van der Waals surface area contributed by atoms with E-state index in [4.69, 9.17) is 86.2 Å². The topological polar surface area (TPSA) is 310 Å². The van der Waals surface area contributed by atoms with Crippen molar-refractivity contribution in [2.75, 3.05) is 26.9 Å². The van der Waals surface area contributed by atoms with Crippen molar-refractivity contribution >= 4 is 41.8 Å². The first-order valence-electron chi connectivity index (χ1n) is 33.3. The van der Waals surface area contributed by atoms with E-state index in [1.807, 2.05) is 20.8 Å². The monoisotopic (exact) mass is 1290 g/mol. The molecule has 3 saturated carbocycles. The summed E-state index contributed by atoms with van der Waals surface area (Å²) in [5.41, 5.74) is -5.32. The highest BCUT2D eigenvalue weighted by atomic mass is 17.3. The molecule has 24 atom stereocenters. The van der Waals surface area contributed by atoms with Crippen molar-refractivity contribution in [2.24, 2.45) is 70.5 Å². The fourth-order valence-electron chi connectivity index (χ4n) is 17.9. The van der Waals surface area contributed by atoms with Crippen LogP contribution in [0.15, 0.2) is 0 Å². The predicted molar refractivity (Wildman–Crippen MR) is 304 cm³/mol. The molecule has 0 aromatic heterocycles. The summed E-state index contributed by atoms with van der Waals surface area (Å²) in [6.45, 7) is 17.5. The standard InChI is InChI=1S/C64H94N2O25/c1-33-12-14-42-36(4)50(80-53-62(42)39(33)23-27-58(8,83-53)86-89-62)77-47(70)19-16-44(67)74-30-61(66-56(73)65-11,31-75-45(68)17-20-48(71)78-51-37(5)43-15-13-34(2)40-24-28-59(9)84-54(81-51)63(40,43)90-87-59)32-76-46(69)18-21-49(72)79-52-38(6)57(7)26-22-35(3)41-25-29-60(10)85-55(82-52)64(41,57)91-88-60/h33-43,50-55H,12-32H2,1-11H3,(H2,65,66,73)/t33-,34-,35-,36-,37-,38+,39+,40+,41+,42+,43+,50-,51-,52-,53-,54-,55-,57+,58-,59-,60-,62-,63-,64+/m1/s1. The van der Waals surface area contributed by atoms with Gasteiger partial charge in [0.1, 0.15) is 25.4 Å². The molecule has 12 heterocycles. The maximum Gasteiger partial charge on any atom is 0.315 e. The van der Waals surface area contributed by atoms with Crippen LogP contribution in [0.1, 0.15) is 185 Å². The van der Waals surface area contributed by atoms with Crippen LogP contribution in [0, 0.1) is 70.5 Å². The zero-order chi connectivity index (χ0) is 64.8. The lowest BCUT2D eigenvalue weighted by molar-refractivity contribution is -0.586. The van der Waals surface area contributed by atoms with Gasteiger partial charge < -0.3 is 67.5 Å². The lowest BCUT2D eigenvalue weighted by Crippen LogP contribution is -2.74. The first kappa shape index (κ1) is 66.6. The average molecular weight is 1290 g/mol. The molecule has 15 aliphatic rings. The van der Waals surface area contributed by atoms with Crippen LogP contribution in [-0.4, -0.2) is 146 Å². The SMILES string of the molecule is CNC(=O)NC(COC(=O)CCC(=O)O[C@@H]1O[C@@H]2O[C@@]3(C)CC[C@H]4[C@H](C)CC[C@@H]([C@H]1C)[C@@]24OO3)(COC(=O)CCC(=O)O[C@@H]1O[C@@H]2O[C@@]3(C)CC[C@H]4[C@H](C)CC[C@@H]([C@H]1C)[C@@]24OO3)COC(=O)CCC(=O)O[C@@H]1O[C@@H]2O[C@@]3(C)CC[C@H]4[C@H](C)CC[C@@](C)([C@H]1C)[C@@]24OO3. The van der Waals surface area contributed by atoms with Gasteiger partial charge in [0.2, 0.25) is 36.2 Å². The van der Waals surface area contributed by atoms with Gasteiger partial charge in [-0.1, -0.05) is 48.5 Å². The molecule has 0 radical (unpaired) electrons. The van der Waals surface area contributed by atoms with Crippen LogP contribution in [0.25, 0.3) is 0 Å². The van der Waals surface area contributed by atoms with Gasteiger partial charge in [0.05, 0.1) is 38.5 Å². The summed E-state index contributed by atoms with van der Waals surface area (Å²) in [4.78, 5) is 132. The second-order valence-electron chi connectivity index (χ2n) is 29.4. The van der Waals surface area contributed by atoms with Gasteiger partial charge in [-0.3, -0.25) is 28.8 Å². The van der Waals surface area contributed by atoms with Crippen molar-refractivity contribution in [3.8, 4) is 0 Å². The molecule has 3 aliphatic carbocycles. The Kier molecular flexibility index (Phi) is 18.3. The molecule has 15 fully saturated rings. The summed E-state index contributed by atoms with van der Waals surface area (Å²) >= 11 is 0. The first-order chi connectivity index (χ1) is 43.1. The normalized spacial score (nSPS) is 45.6. The fraction of sp³-hybridized carbons (Fsp3) is 0.891. The molecular formula is C64H94N2O25. The Morgan fingerprint density at radius 1 is 0.429 bits per heavy atom. The van der Waals surface area contributed by atoms with E-state index in [0.717, 1.165) is 57.8 Å². The molecule has 2 N–H and O–H groups in total. The van der Waals surface area contributed by atoms with Crippen molar-refractivity contribution in [2.45, 2.75) is 262 Å². The molecule has 2 amide bonds. The summed E-state index contributed by atoms with van der Waals surface area (Å²) in [6, 6.07) is -0.857. The van der Waals surface area contributed by atoms with Crippen LogP contribution < -0.4 is 10.6 Å². The minimum absolute atomic E-state index is 0.0544. The van der Waals surface area contributed by atoms with E-state index in [9.17, 15) is 33.6 Å². The number of ether oxygens (including phenoxy) is 12. The molecule has 15 rings (SSSR count). The van der Waals surface area contributed by atoms with Crippen molar-refractivity contribution in [3.05, 3.63) is 0 Å². The Bertz CT molecular complexity index is 2680. The molecule has 510 valence electrons. The van der Waals surface area contributed by atoms with Gasteiger partial charge in [-0.15, -0.1) is 0 Å². The number of carbonyl (C=O) groups excluding carboxylic acids is 7. The highest BCUT2D eigenvalue weighted by Crippen LogP contribution is 2.67. The number of urea groups is 1. The molecule has 6 bridgehead atoms. The van der Waals surface area contributed by atoms with E-state index in [-0.39, 0.29) is 47.3 Å². The average Bonchev–Trinajstić information content (AvgIpc) is 1.70. The smallest absolute Gasteiger partial charge is 0.315 e. The number of nitrogens with one attached hydrogen (secondary N) is 2. The zero-order valence-corrected chi connectivity index (χ0v) is 54.4. The highest BCUT2D eigenvalue weighted by molar-refractivity contribution is 5.80. The van der Waals surface area contributed by atoms with Crippen LogP contribution in [0.5, 0.6) is 0 Å². The molecule has 12 saturated heterocycles. The van der Waals surface area contributed by atoms with Crippen molar-refractivity contribution in [1.29, 1.82) is 0 Å². The van der Waals surface area contributed by atoms with E-state index in [0.29, 0.717) is 37.0 Å². The fourth-order valence-corrected chi connectivity index (χ4v) is 17.9. The van der Waals surface area contributed by atoms with Crippen LogP contribution >= 0.6 is 0 Å². The quantitative estimate of drug-likeness (QED) is 0.0729. The van der Waals surface area contributed by atoms with Crippen molar-refractivity contribution < 1.29 is 120 Å². The molecule has 0 aromatic rings. The number of esters is 6. The molecule has 0 unspecified atom stereocenters. The van der Waals surface area contributed by atoms with Gasteiger partial charge in [0.15, 0.2) is 35.7 Å². The zero-order valence-electron chi connectivity index (χ0n) is 54.4. The Morgan fingerprint density at radius 2 is 0.813 bits per heavy atom. The number of carbonyl (C=O) groups is 7. The highest BCUT2D eigenvalue weighted by Gasteiger charge is 2.76. The summed E-state index contributed by atoms with van der Waals surface area (Å²) < 4.78 is 73.4. The first-order valence-corrected chi connectivity index (χ1v) is 33.3. The molecule has 27 nitrogen and oxygen atoms in total. The van der Waals surface area contributed by atoms with Crippen LogP contribution in [0.2, 0.25) is 0 Å². The number of hydrogen-bond acceptors (Lipinski definition) is 25. The summed E-state index contributed by atoms with van der Waals surface area (Å²) in [5.74, 6) is -8.45. The minimum Gasteiger partial charge on any atom is -0.463 e. The van der Waals surface area contributed by atoms with Gasteiger partial charge in [-0.25, -0.2) is 34.1 Å². The summed E-state index contributed by atoms with van der Waals surface area (Å²) in [6.07, 6.45) is 0.550. The Labute approximate surface area is 530 Å². The van der Waals surface area contributed by atoms with E-state index < -0.39 is 183 Å². The van der Waals surface area contributed by atoms with Crippen molar-refractivity contribution in [1.82, 2.24) is 10.6 Å². The Morgan fingerprint density at radius 3 is 1.26 bits per heavy atom. The van der Waals surface area contributed by atoms with E-state index in [2.05, 4.69) is 38.3 Å². The van der Waals surface area contributed by atoms with E-state index in [1.165, 1.54) is 7.05 Å². The summed E-state index contributed by atoms with van der Waals surface area (Å²) in [5, 5.41) is 5.02. The van der Waals surface area contributed by atoms with Gasteiger partial charge in [-0.05, 0) is 114 Å². The maximum atomic E-state index is 13.7. The third-order valence-electron chi connectivity index (χ3n) is 23.6. The molecule has 0 aromatic carbocycles. The van der Waals surface area contributed by atoms with Gasteiger partial charge in [0.25, 0.3) is 0 Å². The molecule has 27 heteroatoms. The number of amides is 2. The second-order valence-corrected chi connectivity index (χ2v) is 29.4. The van der Waals surface area contributed by atoms with Crippen LogP contribution in [0.3, 0.4) is 0 Å². The molecule has 3 spiro atoms. The number of fused-ring (bicyclic) bond motifs is 6. The molecule has 91 heavy (non-hydrogen) atoms. The number of rotatable bonds is 19. The maximum absolute atomic E-state index is 13.7. The minimum atomic E-state index is -2.00. The van der Waals surface area contributed by atoms with Gasteiger partial charge in [-0.2, -0.15) is 0 Å². The molecular weight excluding hydrogens is 1200 g/mol. The third kappa shape index (κ3) is 11.9.